The molecule has 0 radical (unpaired) electrons. The lowest BCUT2D eigenvalue weighted by molar-refractivity contribution is 0.897. The Kier molecular flexibility index (Phi) is 6.99. The molecule has 5 heteroatoms. The summed E-state index contributed by atoms with van der Waals surface area (Å²) in [5.41, 5.74) is 15.7. The highest BCUT2D eigenvalue weighted by atomic mass is 14.9. The molecule has 0 saturated heterocycles. The summed E-state index contributed by atoms with van der Waals surface area (Å²) in [5.74, 6) is 0.675. The van der Waals surface area contributed by atoms with Crippen molar-refractivity contribution < 1.29 is 0 Å². The molecule has 0 amide bonds. The van der Waals surface area contributed by atoms with E-state index in [1.807, 2.05) is 54.6 Å². The van der Waals surface area contributed by atoms with E-state index in [0.29, 0.717) is 5.82 Å². The molecular formula is C41H31N5. The number of rotatable bonds is 5. The fourth-order valence-electron chi connectivity index (χ4n) is 6.34. The summed E-state index contributed by atoms with van der Waals surface area (Å²) in [6, 6.07) is 41.7. The fraction of sp³-hybridized carbons (Fsp3) is 0.0976. The van der Waals surface area contributed by atoms with E-state index in [4.69, 9.17) is 19.9 Å². The van der Waals surface area contributed by atoms with Gasteiger partial charge in [0, 0.05) is 28.6 Å². The number of pyridine rings is 3. The zero-order valence-electron chi connectivity index (χ0n) is 25.8. The van der Waals surface area contributed by atoms with Crippen molar-refractivity contribution in [3.63, 3.8) is 0 Å². The van der Waals surface area contributed by atoms with Crippen molar-refractivity contribution >= 4 is 0 Å². The Morgan fingerprint density at radius 3 is 2.04 bits per heavy atom. The molecule has 0 atom stereocenters. The first-order valence-electron chi connectivity index (χ1n) is 15.6. The maximum atomic E-state index is 5.15. The molecule has 1 aliphatic rings. The van der Waals surface area contributed by atoms with E-state index in [9.17, 15) is 0 Å². The van der Waals surface area contributed by atoms with Crippen molar-refractivity contribution in [2.45, 2.75) is 26.7 Å². The summed E-state index contributed by atoms with van der Waals surface area (Å²) in [5, 5.41) is 0. The second kappa shape index (κ2) is 11.6. The minimum absolute atomic E-state index is 0.675. The van der Waals surface area contributed by atoms with Crippen LogP contribution in [0, 0.1) is 13.8 Å². The average molecular weight is 594 g/mol. The summed E-state index contributed by atoms with van der Waals surface area (Å²) in [6.45, 7) is 4.24. The largest absolute Gasteiger partial charge is 0.255 e. The van der Waals surface area contributed by atoms with Crippen molar-refractivity contribution in [3.05, 3.63) is 150 Å². The average Bonchev–Trinajstić information content (AvgIpc) is 3.12. The van der Waals surface area contributed by atoms with Crippen molar-refractivity contribution in [2.75, 3.05) is 0 Å². The van der Waals surface area contributed by atoms with Crippen LogP contribution in [0.1, 0.15) is 22.4 Å². The highest BCUT2D eigenvalue weighted by molar-refractivity contribution is 5.77. The van der Waals surface area contributed by atoms with E-state index >= 15 is 0 Å². The predicted octanol–water partition coefficient (Wildman–Crippen LogP) is 9.38. The summed E-state index contributed by atoms with van der Waals surface area (Å²) >= 11 is 0. The summed E-state index contributed by atoms with van der Waals surface area (Å²) < 4.78 is 0. The molecule has 0 saturated carbocycles. The van der Waals surface area contributed by atoms with Gasteiger partial charge in [0.1, 0.15) is 0 Å². The molecule has 0 bridgehead atoms. The van der Waals surface area contributed by atoms with Gasteiger partial charge in [-0.3, -0.25) is 9.97 Å². The molecule has 0 unspecified atom stereocenters. The topological polar surface area (TPSA) is 64.5 Å². The van der Waals surface area contributed by atoms with Crippen molar-refractivity contribution in [1.82, 2.24) is 24.9 Å². The summed E-state index contributed by atoms with van der Waals surface area (Å²) in [4.78, 5) is 24.5. The number of benzene rings is 3. The lowest BCUT2D eigenvalue weighted by atomic mass is 9.89. The van der Waals surface area contributed by atoms with Gasteiger partial charge in [-0.1, -0.05) is 84.9 Å². The predicted molar refractivity (Wildman–Crippen MR) is 185 cm³/mol. The molecule has 0 N–H and O–H groups in total. The third-order valence-electron chi connectivity index (χ3n) is 8.68. The Balaban J connectivity index is 1.13. The lowest BCUT2D eigenvalue weighted by Gasteiger charge is -2.21. The molecule has 0 fully saturated rings. The van der Waals surface area contributed by atoms with Gasteiger partial charge in [-0.15, -0.1) is 0 Å². The monoisotopic (exact) mass is 593 g/mol. The number of aryl methyl sites for hydroxylation is 3. The Bertz CT molecular complexity index is 2150. The standard InChI is InChI=1S/C41H31N5/c1-26-23-27(2)43-40-34(26)20-18-30-19-21-35(44-39(30)40)29-16-14-28(15-17-29)32-11-8-12-33(24-32)37-25-38(36-13-6-7-22-42-36)46-41(45-37)31-9-4-3-5-10-31/h3-17,19,21-25H,18,20H2,1-2H3. The molecule has 4 heterocycles. The van der Waals surface area contributed by atoms with Crippen LogP contribution in [0.5, 0.6) is 0 Å². The molecule has 0 aliphatic heterocycles. The third kappa shape index (κ3) is 5.26. The van der Waals surface area contributed by atoms with Crippen LogP contribution in [0.15, 0.2) is 128 Å². The van der Waals surface area contributed by atoms with Crippen LogP contribution < -0.4 is 0 Å². The minimum atomic E-state index is 0.675. The van der Waals surface area contributed by atoms with Crippen LogP contribution in [0.2, 0.25) is 0 Å². The van der Waals surface area contributed by atoms with Crippen LogP contribution >= 0.6 is 0 Å². The highest BCUT2D eigenvalue weighted by Gasteiger charge is 2.21. The van der Waals surface area contributed by atoms with Crippen LogP contribution in [0.4, 0.5) is 0 Å². The molecular weight excluding hydrogens is 562 g/mol. The highest BCUT2D eigenvalue weighted by Crippen LogP contribution is 2.35. The maximum absolute atomic E-state index is 5.15. The van der Waals surface area contributed by atoms with Crippen LogP contribution in [0.25, 0.3) is 67.8 Å². The Hall–Kier alpha value is -5.81. The first-order chi connectivity index (χ1) is 22.6. The molecule has 8 rings (SSSR count). The van der Waals surface area contributed by atoms with Gasteiger partial charge in [0.2, 0.25) is 0 Å². The van der Waals surface area contributed by atoms with Crippen molar-refractivity contribution in [1.29, 1.82) is 0 Å². The number of hydrogen-bond acceptors (Lipinski definition) is 5. The van der Waals surface area contributed by atoms with E-state index < -0.39 is 0 Å². The third-order valence-corrected chi connectivity index (χ3v) is 8.68. The zero-order valence-corrected chi connectivity index (χ0v) is 25.8. The molecule has 7 aromatic rings. The molecule has 3 aromatic carbocycles. The lowest BCUT2D eigenvalue weighted by Crippen LogP contribution is -2.10. The zero-order chi connectivity index (χ0) is 31.0. The van der Waals surface area contributed by atoms with Gasteiger partial charge < -0.3 is 0 Å². The van der Waals surface area contributed by atoms with Crippen LogP contribution in [0.3, 0.4) is 0 Å². The Morgan fingerprint density at radius 1 is 0.457 bits per heavy atom. The van der Waals surface area contributed by atoms with Gasteiger partial charge in [-0.25, -0.2) is 15.0 Å². The minimum Gasteiger partial charge on any atom is -0.255 e. The molecule has 1 aliphatic carbocycles. The van der Waals surface area contributed by atoms with E-state index in [0.717, 1.165) is 80.5 Å². The van der Waals surface area contributed by atoms with Crippen LogP contribution in [-0.2, 0) is 12.8 Å². The Labute approximate surface area is 268 Å². The molecule has 220 valence electrons. The maximum Gasteiger partial charge on any atom is 0.160 e. The van der Waals surface area contributed by atoms with Gasteiger partial charge >= 0.3 is 0 Å². The van der Waals surface area contributed by atoms with E-state index in [-0.39, 0.29) is 0 Å². The summed E-state index contributed by atoms with van der Waals surface area (Å²) in [7, 11) is 0. The van der Waals surface area contributed by atoms with E-state index in [1.165, 1.54) is 16.7 Å². The first-order valence-corrected chi connectivity index (χ1v) is 15.6. The summed E-state index contributed by atoms with van der Waals surface area (Å²) in [6.07, 6.45) is 3.81. The number of fused-ring (bicyclic) bond motifs is 3. The molecule has 4 aromatic heterocycles. The second-order valence-electron chi connectivity index (χ2n) is 11.8. The number of hydrogen-bond donors (Lipinski definition) is 0. The molecule has 0 spiro atoms. The Morgan fingerprint density at radius 2 is 1.22 bits per heavy atom. The van der Waals surface area contributed by atoms with E-state index in [2.05, 4.69) is 85.6 Å². The smallest absolute Gasteiger partial charge is 0.160 e. The normalized spacial score (nSPS) is 12.0. The van der Waals surface area contributed by atoms with Gasteiger partial charge in [-0.05, 0) is 90.9 Å². The molecule has 5 nitrogen and oxygen atoms in total. The first kappa shape index (κ1) is 27.7. The van der Waals surface area contributed by atoms with Crippen molar-refractivity contribution in [3.8, 4) is 67.8 Å². The fourth-order valence-corrected chi connectivity index (χ4v) is 6.34. The SMILES string of the molecule is Cc1cc(C)c2c(n1)-c1nc(-c3ccc(-c4cccc(-c5cc(-c6ccccn6)nc(-c6ccccc6)n5)c4)cc3)ccc1CC2. The van der Waals surface area contributed by atoms with Crippen LogP contribution in [-0.4, -0.2) is 24.9 Å². The van der Waals surface area contributed by atoms with Gasteiger partial charge in [0.15, 0.2) is 5.82 Å². The van der Waals surface area contributed by atoms with Gasteiger partial charge in [0.25, 0.3) is 0 Å². The molecule has 46 heavy (non-hydrogen) atoms. The number of nitrogens with zero attached hydrogens (tertiary/aromatic N) is 5. The quantitative estimate of drug-likeness (QED) is 0.199. The second-order valence-corrected chi connectivity index (χ2v) is 11.8. The van der Waals surface area contributed by atoms with Gasteiger partial charge in [-0.2, -0.15) is 0 Å². The van der Waals surface area contributed by atoms with Gasteiger partial charge in [0.05, 0.1) is 34.2 Å². The van der Waals surface area contributed by atoms with E-state index in [1.54, 1.807) is 6.20 Å². The number of aromatic nitrogens is 5. The van der Waals surface area contributed by atoms with Crippen molar-refractivity contribution in [2.24, 2.45) is 0 Å².